The van der Waals surface area contributed by atoms with Gasteiger partial charge in [-0.2, -0.15) is 0 Å². The molecule has 0 aromatic heterocycles. The highest BCUT2D eigenvalue weighted by atomic mass is 19.1. The van der Waals surface area contributed by atoms with Crippen molar-refractivity contribution in [3.8, 4) is 22.6 Å². The van der Waals surface area contributed by atoms with Gasteiger partial charge in [0.25, 0.3) is 0 Å². The highest BCUT2D eigenvalue weighted by Gasteiger charge is 2.41. The fraction of sp³-hybridized carbons (Fsp3) is 0.333. The third kappa shape index (κ3) is 9.12. The number of rotatable bonds is 14. The maximum Gasteiger partial charge on any atom is 0.165 e. The van der Waals surface area contributed by atoms with Crippen molar-refractivity contribution in [2.75, 3.05) is 39.6 Å². The molecule has 0 atom stereocenters. The van der Waals surface area contributed by atoms with Gasteiger partial charge >= 0.3 is 0 Å². The molecule has 43 heavy (non-hydrogen) atoms. The molecule has 6 nitrogen and oxygen atoms in total. The van der Waals surface area contributed by atoms with Crippen LogP contribution in [0.25, 0.3) is 11.1 Å². The van der Waals surface area contributed by atoms with Gasteiger partial charge in [-0.25, -0.2) is 4.39 Å². The van der Waals surface area contributed by atoms with Gasteiger partial charge in [-0.1, -0.05) is 78.9 Å². The lowest BCUT2D eigenvalue weighted by Crippen LogP contribution is -2.52. The lowest BCUT2D eigenvalue weighted by Gasteiger charge is -2.42. The lowest BCUT2D eigenvalue weighted by molar-refractivity contribution is -0.295. The fourth-order valence-electron chi connectivity index (χ4n) is 4.63. The van der Waals surface area contributed by atoms with Crippen LogP contribution in [0.3, 0.4) is 0 Å². The number of hydrogen-bond donors (Lipinski definition) is 0. The molecule has 1 heterocycles. The van der Waals surface area contributed by atoms with Crippen molar-refractivity contribution >= 4 is 0 Å². The molecular weight excluding hydrogens is 547 g/mol. The molecule has 0 spiro atoms. The Hall–Kier alpha value is -3.75. The number of ether oxygens (including phenoxy) is 6. The quantitative estimate of drug-likeness (QED) is 0.143. The molecule has 0 aliphatic carbocycles. The summed E-state index contributed by atoms with van der Waals surface area (Å²) in [5.41, 5.74) is 3.25. The topological polar surface area (TPSA) is 55.4 Å². The number of benzene rings is 4. The van der Waals surface area contributed by atoms with Crippen LogP contribution in [0.5, 0.6) is 11.5 Å². The van der Waals surface area contributed by atoms with Gasteiger partial charge < -0.3 is 28.4 Å². The molecule has 4 aromatic carbocycles. The van der Waals surface area contributed by atoms with Gasteiger partial charge in [0, 0.05) is 0 Å². The summed E-state index contributed by atoms with van der Waals surface area (Å²) < 4.78 is 50.7. The summed E-state index contributed by atoms with van der Waals surface area (Å²) in [5, 5.41) is 0. The molecule has 4 aromatic rings. The molecule has 0 saturated carbocycles. The summed E-state index contributed by atoms with van der Waals surface area (Å²) in [4.78, 5) is 0. The van der Waals surface area contributed by atoms with Gasteiger partial charge in [0.15, 0.2) is 17.4 Å². The molecular formula is C36H39FO6. The van der Waals surface area contributed by atoms with Crippen molar-refractivity contribution in [3.05, 3.63) is 120 Å². The van der Waals surface area contributed by atoms with Gasteiger partial charge in [0.05, 0.1) is 45.1 Å². The van der Waals surface area contributed by atoms with Crippen LogP contribution >= 0.6 is 0 Å². The molecule has 0 N–H and O–H groups in total. The van der Waals surface area contributed by atoms with Crippen molar-refractivity contribution in [2.24, 2.45) is 5.41 Å². The summed E-state index contributed by atoms with van der Waals surface area (Å²) in [7, 11) is 0. The predicted molar refractivity (Wildman–Crippen MR) is 163 cm³/mol. The van der Waals surface area contributed by atoms with E-state index < -0.39 is 17.0 Å². The zero-order chi connectivity index (χ0) is 30.0. The van der Waals surface area contributed by atoms with Gasteiger partial charge in [-0.15, -0.1) is 0 Å². The van der Waals surface area contributed by atoms with Crippen LogP contribution in [0.15, 0.2) is 103 Å². The second-order valence-electron chi connectivity index (χ2n) is 11.3. The van der Waals surface area contributed by atoms with Crippen molar-refractivity contribution in [1.82, 2.24) is 0 Å². The van der Waals surface area contributed by atoms with E-state index in [0.717, 1.165) is 28.0 Å². The van der Waals surface area contributed by atoms with Crippen molar-refractivity contribution in [2.45, 2.75) is 32.8 Å². The van der Waals surface area contributed by atoms with E-state index in [1.54, 1.807) is 6.07 Å². The predicted octanol–water partition coefficient (Wildman–Crippen LogP) is 7.45. The van der Waals surface area contributed by atoms with Crippen molar-refractivity contribution in [1.29, 1.82) is 0 Å². The highest BCUT2D eigenvalue weighted by Crippen LogP contribution is 2.33. The molecule has 1 fully saturated rings. The van der Waals surface area contributed by atoms with Crippen LogP contribution in [0.2, 0.25) is 0 Å². The van der Waals surface area contributed by atoms with Gasteiger partial charge in [0.2, 0.25) is 0 Å². The Labute approximate surface area is 253 Å². The highest BCUT2D eigenvalue weighted by molar-refractivity contribution is 5.65. The fourth-order valence-corrected chi connectivity index (χ4v) is 4.63. The first-order valence-corrected chi connectivity index (χ1v) is 14.6. The normalized spacial score (nSPS) is 15.6. The molecule has 0 radical (unpaired) electrons. The first-order valence-electron chi connectivity index (χ1n) is 14.6. The minimum atomic E-state index is -0.697. The van der Waals surface area contributed by atoms with E-state index in [4.69, 9.17) is 28.4 Å². The smallest absolute Gasteiger partial charge is 0.165 e. The molecule has 0 bridgehead atoms. The van der Waals surface area contributed by atoms with Crippen molar-refractivity contribution < 1.29 is 32.8 Å². The average molecular weight is 587 g/mol. The third-order valence-corrected chi connectivity index (χ3v) is 7.25. The van der Waals surface area contributed by atoms with Gasteiger partial charge in [-0.3, -0.25) is 0 Å². The molecule has 1 saturated heterocycles. The van der Waals surface area contributed by atoms with Crippen LogP contribution < -0.4 is 9.47 Å². The van der Waals surface area contributed by atoms with Crippen LogP contribution in [0.4, 0.5) is 4.39 Å². The number of hydrogen-bond acceptors (Lipinski definition) is 6. The monoisotopic (exact) mass is 586 g/mol. The van der Waals surface area contributed by atoms with E-state index in [1.165, 1.54) is 6.07 Å². The Morgan fingerprint density at radius 3 is 1.91 bits per heavy atom. The first kappa shape index (κ1) is 30.7. The number of halogens is 1. The second-order valence-corrected chi connectivity index (χ2v) is 11.3. The molecule has 1 aliphatic rings. The third-order valence-electron chi connectivity index (χ3n) is 7.25. The Morgan fingerprint density at radius 1 is 0.651 bits per heavy atom. The Morgan fingerprint density at radius 2 is 1.26 bits per heavy atom. The summed E-state index contributed by atoms with van der Waals surface area (Å²) >= 11 is 0. The summed E-state index contributed by atoms with van der Waals surface area (Å²) in [6.45, 7) is 6.86. The Balaban J connectivity index is 1.14. The lowest BCUT2D eigenvalue weighted by atomic mass is 9.91. The molecule has 0 unspecified atom stereocenters. The summed E-state index contributed by atoms with van der Waals surface area (Å²) in [6, 6.07) is 32.6. The summed E-state index contributed by atoms with van der Waals surface area (Å²) in [5.74, 6) is -0.215. The van der Waals surface area contributed by atoms with E-state index in [-0.39, 0.29) is 12.4 Å². The minimum absolute atomic E-state index is 0.168. The average Bonchev–Trinajstić information content (AvgIpc) is 3.04. The maximum atomic E-state index is 15.2. The van der Waals surface area contributed by atoms with Crippen LogP contribution in [0.1, 0.15) is 25.0 Å². The van der Waals surface area contributed by atoms with Gasteiger partial charge in [0.1, 0.15) is 19.0 Å². The SMILES string of the molecule is CC1(C)OCC(COCCOCc2ccccc2)(COc2ccc(-c3ccc(OCc4ccccc4)cc3)cc2F)CO1. The van der Waals surface area contributed by atoms with E-state index in [9.17, 15) is 0 Å². The molecule has 0 amide bonds. The zero-order valence-corrected chi connectivity index (χ0v) is 24.8. The second kappa shape index (κ2) is 14.6. The zero-order valence-electron chi connectivity index (χ0n) is 24.8. The van der Waals surface area contributed by atoms with Crippen LogP contribution in [0, 0.1) is 11.2 Å². The molecule has 1 aliphatic heterocycles. The molecule has 226 valence electrons. The largest absolute Gasteiger partial charge is 0.490 e. The van der Waals surface area contributed by atoms with Crippen molar-refractivity contribution in [3.63, 3.8) is 0 Å². The van der Waals surface area contributed by atoms with E-state index in [2.05, 4.69) is 0 Å². The van der Waals surface area contributed by atoms with Crippen LogP contribution in [-0.4, -0.2) is 45.4 Å². The maximum absolute atomic E-state index is 15.2. The molecule has 7 heteroatoms. The summed E-state index contributed by atoms with van der Waals surface area (Å²) in [6.07, 6.45) is 0. The Bertz CT molecular complexity index is 1400. The van der Waals surface area contributed by atoms with Crippen LogP contribution in [-0.2, 0) is 32.2 Å². The molecule has 5 rings (SSSR count). The first-order chi connectivity index (χ1) is 20.9. The van der Waals surface area contributed by atoms with E-state index in [0.29, 0.717) is 46.2 Å². The Kier molecular flexibility index (Phi) is 10.4. The van der Waals surface area contributed by atoms with E-state index in [1.807, 2.05) is 105 Å². The minimum Gasteiger partial charge on any atom is -0.490 e. The van der Waals surface area contributed by atoms with Gasteiger partial charge in [-0.05, 0) is 60.4 Å². The van der Waals surface area contributed by atoms with E-state index >= 15 is 4.39 Å². The standard InChI is InChI=1S/C36H39FO6/c1-35(2)42-26-36(27-43-35,24-39-20-19-38-22-28-9-5-3-6-10-28)25-41-34-18-15-31(21-33(34)37)30-13-16-32(17-14-30)40-23-29-11-7-4-8-12-29/h3-18,21H,19-20,22-27H2,1-2H3.